The molecule has 0 radical (unpaired) electrons. The van der Waals surface area contributed by atoms with Gasteiger partial charge in [-0.3, -0.25) is 0 Å². The lowest BCUT2D eigenvalue weighted by atomic mass is 10.2. The molecule has 51 heavy (non-hydrogen) atoms. The maximum atomic E-state index is 6.40. The van der Waals surface area contributed by atoms with E-state index in [2.05, 4.69) is 121 Å². The predicted octanol–water partition coefficient (Wildman–Crippen LogP) is 7.09. The second-order valence-corrected chi connectivity index (χ2v) is 18.5. The van der Waals surface area contributed by atoms with E-state index in [1.165, 1.54) is 63.9 Å². The first-order valence-electron chi connectivity index (χ1n) is 17.8. The lowest BCUT2D eigenvalue weighted by Crippen LogP contribution is -2.25. The Bertz CT molecular complexity index is 2030. The van der Waals surface area contributed by atoms with Gasteiger partial charge in [-0.15, -0.1) is 0 Å². The molecule has 0 bridgehead atoms. The number of rotatable bonds is 8. The van der Waals surface area contributed by atoms with E-state index in [0.717, 1.165) is 75.1 Å². The van der Waals surface area contributed by atoms with Gasteiger partial charge in [0.1, 0.15) is 23.0 Å². The molecule has 4 heterocycles. The van der Waals surface area contributed by atoms with Gasteiger partial charge in [0.2, 0.25) is 0 Å². The summed E-state index contributed by atoms with van der Waals surface area (Å²) in [7, 11) is -1.99. The number of ether oxygens (including phenoxy) is 4. The van der Waals surface area contributed by atoms with E-state index < -0.39 is 15.8 Å². The van der Waals surface area contributed by atoms with E-state index in [0.29, 0.717) is 0 Å². The third kappa shape index (κ3) is 5.53. The fraction of sp³-hybridized carbons (Fsp3) is 0.182. The first-order valence-corrected chi connectivity index (χ1v) is 21.3. The number of hydrogen-bond acceptors (Lipinski definition) is 5. The Morgan fingerprint density at radius 3 is 0.961 bits per heavy atom. The van der Waals surface area contributed by atoms with Crippen LogP contribution in [0, 0.1) is 0 Å². The van der Waals surface area contributed by atoms with Crippen LogP contribution >= 0.6 is 27.6 Å². The Morgan fingerprint density at radius 1 is 0.333 bits per heavy atom. The van der Waals surface area contributed by atoms with Crippen molar-refractivity contribution in [1.29, 1.82) is 0 Å². The van der Waals surface area contributed by atoms with Crippen molar-refractivity contribution in [1.82, 2.24) is 0 Å². The van der Waals surface area contributed by atoms with Crippen LogP contribution in [0.15, 0.2) is 131 Å². The van der Waals surface area contributed by atoms with E-state index in [1.54, 1.807) is 0 Å². The van der Waals surface area contributed by atoms with Crippen LogP contribution in [-0.2, 0) is 25.7 Å². The van der Waals surface area contributed by atoms with Gasteiger partial charge in [-0.2, -0.15) is 0 Å². The highest BCUT2D eigenvalue weighted by atomic mass is 32.2. The second kappa shape index (κ2) is 13.4. The van der Waals surface area contributed by atoms with E-state index in [1.807, 2.05) is 11.8 Å². The van der Waals surface area contributed by atoms with Gasteiger partial charge >= 0.3 is 0 Å². The average Bonchev–Trinajstić information content (AvgIpc) is 4.01. The predicted molar refractivity (Wildman–Crippen MR) is 211 cm³/mol. The van der Waals surface area contributed by atoms with Crippen molar-refractivity contribution < 1.29 is 18.9 Å². The Balaban J connectivity index is 1.14. The highest BCUT2D eigenvalue weighted by Gasteiger charge is 2.33. The molecule has 6 aromatic carbocycles. The molecule has 0 saturated heterocycles. The molecule has 0 saturated carbocycles. The monoisotopic (exact) mass is 722 g/mol. The van der Waals surface area contributed by atoms with Gasteiger partial charge in [0.25, 0.3) is 0 Å². The highest BCUT2D eigenvalue weighted by Crippen LogP contribution is 2.49. The third-order valence-electron chi connectivity index (χ3n) is 10.2. The number of fused-ring (bicyclic) bond motifs is 4. The molecule has 0 amide bonds. The molecule has 0 unspecified atom stereocenters. The van der Waals surface area contributed by atoms with Crippen LogP contribution in [0.2, 0.25) is 0 Å². The average molecular weight is 723 g/mol. The van der Waals surface area contributed by atoms with Crippen molar-refractivity contribution in [3.63, 3.8) is 0 Å². The van der Waals surface area contributed by atoms with Gasteiger partial charge < -0.3 is 18.9 Å². The first-order chi connectivity index (χ1) is 25.3. The lowest BCUT2D eigenvalue weighted by Gasteiger charge is -2.27. The maximum Gasteiger partial charge on any atom is 0.130 e. The van der Waals surface area contributed by atoms with Crippen LogP contribution in [0.4, 0.5) is 0 Å². The maximum absolute atomic E-state index is 6.40. The van der Waals surface area contributed by atoms with Gasteiger partial charge in [0.05, 0.1) is 26.4 Å². The van der Waals surface area contributed by atoms with Crippen molar-refractivity contribution in [2.45, 2.75) is 35.5 Å². The molecule has 0 aliphatic carbocycles. The summed E-state index contributed by atoms with van der Waals surface area (Å²) in [6, 6.07) is 44.9. The second-order valence-electron chi connectivity index (χ2n) is 13.2. The smallest absolute Gasteiger partial charge is 0.130 e. The summed E-state index contributed by atoms with van der Waals surface area (Å²) in [4.78, 5) is 2.50. The molecule has 7 heteroatoms. The third-order valence-corrected chi connectivity index (χ3v) is 16.7. The Kier molecular flexibility index (Phi) is 8.25. The minimum atomic E-state index is -0.994. The standard InChI is InChI=1S/C44H36O4P2S/c1-3-19-39(33(13-1)49(35-15-5-9-29-21-25-45-41(29)35)36-16-6-10-30-22-26-46-42(30)36)51-40-20-4-2-14-34(40)50(37-17-7-11-31-23-27-47-43(31)37)38-18-8-12-32-24-28-48-44(32)38/h1-20H,21-28H2. The van der Waals surface area contributed by atoms with Crippen LogP contribution in [0.25, 0.3) is 0 Å². The highest BCUT2D eigenvalue weighted by molar-refractivity contribution is 8.01. The Morgan fingerprint density at radius 2 is 0.627 bits per heavy atom. The van der Waals surface area contributed by atoms with Crippen molar-refractivity contribution in [3.05, 3.63) is 144 Å². The summed E-state index contributed by atoms with van der Waals surface area (Å²) in [5.41, 5.74) is 5.18. The molecule has 252 valence electrons. The van der Waals surface area contributed by atoms with Gasteiger partial charge in [0.15, 0.2) is 0 Å². The van der Waals surface area contributed by atoms with E-state index >= 15 is 0 Å². The van der Waals surface area contributed by atoms with Gasteiger partial charge in [0, 0.05) is 56.7 Å². The zero-order valence-electron chi connectivity index (χ0n) is 28.1. The Labute approximate surface area is 305 Å². The number of para-hydroxylation sites is 4. The minimum absolute atomic E-state index is 0.728. The van der Waals surface area contributed by atoms with Gasteiger partial charge in [-0.25, -0.2) is 0 Å². The van der Waals surface area contributed by atoms with Crippen LogP contribution in [0.1, 0.15) is 22.3 Å². The fourth-order valence-corrected chi connectivity index (χ4v) is 14.7. The zero-order chi connectivity index (χ0) is 33.7. The van der Waals surface area contributed by atoms with Crippen LogP contribution < -0.4 is 50.8 Å². The quantitative estimate of drug-likeness (QED) is 0.157. The summed E-state index contributed by atoms with van der Waals surface area (Å²) in [6.45, 7) is 2.91. The molecule has 0 spiro atoms. The van der Waals surface area contributed by atoms with Crippen LogP contribution in [-0.4, -0.2) is 26.4 Å². The summed E-state index contributed by atoms with van der Waals surface area (Å²) in [6.07, 6.45) is 3.79. The number of hydrogen-bond donors (Lipinski definition) is 0. The fourth-order valence-electron chi connectivity index (χ4n) is 7.85. The summed E-state index contributed by atoms with van der Waals surface area (Å²) in [5.74, 6) is 4.22. The topological polar surface area (TPSA) is 36.9 Å². The van der Waals surface area contributed by atoms with E-state index in [9.17, 15) is 0 Å². The van der Waals surface area contributed by atoms with Gasteiger partial charge in [-0.1, -0.05) is 121 Å². The van der Waals surface area contributed by atoms with Crippen LogP contribution in [0.5, 0.6) is 23.0 Å². The Hall–Kier alpha value is -4.27. The molecule has 6 aromatic rings. The molecular weight excluding hydrogens is 686 g/mol. The molecule has 0 atom stereocenters. The normalized spacial score (nSPS) is 15.1. The summed E-state index contributed by atoms with van der Waals surface area (Å²) in [5, 5.41) is 7.69. The van der Waals surface area contributed by atoms with E-state index in [-0.39, 0.29) is 0 Å². The van der Waals surface area contributed by atoms with Crippen LogP contribution in [0.3, 0.4) is 0 Å². The zero-order valence-corrected chi connectivity index (χ0v) is 30.7. The van der Waals surface area contributed by atoms with Gasteiger partial charge in [-0.05, 0) is 60.8 Å². The number of benzene rings is 6. The molecule has 4 aliphatic heterocycles. The van der Waals surface area contributed by atoms with Crippen molar-refractivity contribution >= 4 is 59.4 Å². The molecule has 4 aliphatic rings. The molecule has 0 aromatic heterocycles. The summed E-state index contributed by atoms with van der Waals surface area (Å²) >= 11 is 1.88. The van der Waals surface area contributed by atoms with Crippen molar-refractivity contribution in [2.75, 3.05) is 26.4 Å². The molecular formula is C44H36O4P2S. The van der Waals surface area contributed by atoms with Crippen molar-refractivity contribution in [2.24, 2.45) is 0 Å². The SMILES string of the molecule is c1ccc(P(c2cccc3c2OCC3)c2cccc3c2OCC3)c(Sc2ccccc2P(c2cccc3c2OCC3)c2cccc3c2OCC3)c1. The van der Waals surface area contributed by atoms with Crippen molar-refractivity contribution in [3.8, 4) is 23.0 Å². The minimum Gasteiger partial charge on any atom is -0.492 e. The molecule has 10 rings (SSSR count). The molecule has 0 N–H and O–H groups in total. The largest absolute Gasteiger partial charge is 0.492 e. The lowest BCUT2D eigenvalue weighted by molar-refractivity contribution is 0.358. The first kappa shape index (κ1) is 31.5. The van der Waals surface area contributed by atoms with E-state index in [4.69, 9.17) is 18.9 Å². The molecule has 4 nitrogen and oxygen atoms in total. The molecule has 0 fully saturated rings. The summed E-state index contributed by atoms with van der Waals surface area (Å²) < 4.78 is 25.6.